The molecule has 1 fully saturated rings. The van der Waals surface area contributed by atoms with Crippen LogP contribution in [0, 0.1) is 0 Å². The van der Waals surface area contributed by atoms with Gasteiger partial charge in [-0.25, -0.2) is 4.18 Å². The van der Waals surface area contributed by atoms with Crippen molar-refractivity contribution >= 4 is 16.4 Å². The van der Waals surface area contributed by atoms with Crippen LogP contribution in [-0.4, -0.2) is 97.5 Å². The van der Waals surface area contributed by atoms with Crippen LogP contribution < -0.4 is 0 Å². The van der Waals surface area contributed by atoms with Gasteiger partial charge in [0, 0.05) is 13.0 Å². The second kappa shape index (κ2) is 50.6. The Morgan fingerprint density at radius 2 is 0.932 bits per heavy atom. The van der Waals surface area contributed by atoms with Crippen molar-refractivity contribution in [3.63, 3.8) is 0 Å². The van der Waals surface area contributed by atoms with Gasteiger partial charge >= 0.3 is 16.4 Å². The first-order valence-corrected chi connectivity index (χ1v) is 30.0. The molecule has 1 saturated heterocycles. The number of ether oxygens (including phenoxy) is 4. The topological polar surface area (TPSA) is 178 Å². The van der Waals surface area contributed by atoms with Crippen LogP contribution in [0.4, 0.5) is 0 Å². The summed E-state index contributed by atoms with van der Waals surface area (Å²) >= 11 is 0. The average Bonchev–Trinajstić information content (AvgIpc) is 3.38. The standard InChI is InChI=1S/C61H102O12S/c1-3-5-7-9-11-13-15-17-19-21-23-25-27-29-31-33-35-37-39-41-43-45-47-49-51-69-53-55(54-70-61-59(65)60(73-74(66,67)68)58(64)56(52-62)72-61)71-57(63)50-48-46-44-42-40-38-36-34-32-30-28-26-24-22-20-18-16-14-12-10-8-6-4-2/h5,7,11,13,16-19,22-25,28-31,35,37,55-56,58-62,64-65H,3-4,6,8-10,12,14-15,20-21,26-27,32-34,36,38-54H2,1-2H3,(H,66,67,68)/b7-5-,13-11-,18-16-,19-17-,24-22-,25-23-,30-28-,31-29-,37-35-. The Hall–Kier alpha value is -3.24. The van der Waals surface area contributed by atoms with Crippen molar-refractivity contribution in [2.45, 2.75) is 243 Å². The van der Waals surface area contributed by atoms with Crippen molar-refractivity contribution in [2.24, 2.45) is 0 Å². The lowest BCUT2D eigenvalue weighted by Gasteiger charge is -2.41. The molecule has 0 bridgehead atoms. The van der Waals surface area contributed by atoms with E-state index in [2.05, 4.69) is 127 Å². The molecule has 6 atom stereocenters. The molecule has 6 unspecified atom stereocenters. The Morgan fingerprint density at radius 3 is 1.36 bits per heavy atom. The van der Waals surface area contributed by atoms with Gasteiger partial charge in [-0.1, -0.05) is 207 Å². The lowest BCUT2D eigenvalue weighted by Crippen LogP contribution is -2.60. The molecule has 74 heavy (non-hydrogen) atoms. The highest BCUT2D eigenvalue weighted by Crippen LogP contribution is 2.26. The molecular formula is C61H102O12S. The first kappa shape index (κ1) is 68.8. The van der Waals surface area contributed by atoms with E-state index in [-0.39, 0.29) is 19.6 Å². The highest BCUT2D eigenvalue weighted by Gasteiger charge is 2.48. The van der Waals surface area contributed by atoms with Gasteiger partial charge in [-0.05, 0) is 103 Å². The van der Waals surface area contributed by atoms with Crippen LogP contribution >= 0.6 is 0 Å². The number of aliphatic hydroxyl groups is 3. The zero-order chi connectivity index (χ0) is 53.8. The van der Waals surface area contributed by atoms with E-state index in [1.807, 2.05) is 0 Å². The summed E-state index contributed by atoms with van der Waals surface area (Å²) in [6.45, 7) is 3.81. The fraction of sp³-hybridized carbons (Fsp3) is 0.689. The number of carbonyl (C=O) groups excluding carboxylic acids is 1. The van der Waals surface area contributed by atoms with Crippen LogP contribution in [-0.2, 0) is 38.3 Å². The molecule has 0 aromatic rings. The Balaban J connectivity index is 2.35. The molecule has 0 radical (unpaired) electrons. The second-order valence-electron chi connectivity index (χ2n) is 19.1. The predicted octanol–water partition coefficient (Wildman–Crippen LogP) is 14.3. The first-order chi connectivity index (χ1) is 36.1. The summed E-state index contributed by atoms with van der Waals surface area (Å²) < 4.78 is 59.4. The van der Waals surface area contributed by atoms with Gasteiger partial charge in [-0.15, -0.1) is 0 Å². The quantitative estimate of drug-likeness (QED) is 0.0196. The number of unbranched alkanes of at least 4 members (excludes halogenated alkanes) is 18. The average molecular weight is 1060 g/mol. The SMILES string of the molecule is CC/C=C\C/C=C\C/C=C\C/C=C\C/C=C\C/C=C\CCCCCCCOCC(COC1OC(CO)C(O)C(OS(=O)(=O)O)C1O)OC(=O)CCCCCCCCCC/C=C\C/C=C\C/C=C\CCCCCCC. The summed E-state index contributed by atoms with van der Waals surface area (Å²) in [6.07, 6.45) is 62.6. The van der Waals surface area contributed by atoms with E-state index in [0.29, 0.717) is 13.0 Å². The smallest absolute Gasteiger partial charge is 0.397 e. The van der Waals surface area contributed by atoms with Crippen molar-refractivity contribution in [1.29, 1.82) is 0 Å². The van der Waals surface area contributed by atoms with E-state index < -0.39 is 59.8 Å². The van der Waals surface area contributed by atoms with E-state index in [4.69, 9.17) is 18.9 Å². The van der Waals surface area contributed by atoms with Gasteiger partial charge in [-0.2, -0.15) is 8.42 Å². The number of rotatable bonds is 49. The third-order valence-electron chi connectivity index (χ3n) is 12.4. The minimum atomic E-state index is -5.08. The van der Waals surface area contributed by atoms with Gasteiger partial charge in [0.1, 0.15) is 30.5 Å². The maximum absolute atomic E-state index is 13.0. The number of carbonyl (C=O) groups is 1. The Labute approximate surface area is 449 Å². The third kappa shape index (κ3) is 42.9. The summed E-state index contributed by atoms with van der Waals surface area (Å²) in [5, 5.41) is 30.8. The molecule has 1 aliphatic rings. The van der Waals surface area contributed by atoms with Crippen LogP contribution in [0.5, 0.6) is 0 Å². The van der Waals surface area contributed by atoms with Crippen LogP contribution in [0.2, 0.25) is 0 Å². The van der Waals surface area contributed by atoms with E-state index >= 15 is 0 Å². The zero-order valence-corrected chi connectivity index (χ0v) is 46.7. The van der Waals surface area contributed by atoms with Gasteiger partial charge in [0.15, 0.2) is 6.29 Å². The minimum absolute atomic E-state index is 0.0122. The molecule has 0 saturated carbocycles. The van der Waals surface area contributed by atoms with Crippen LogP contribution in [0.15, 0.2) is 109 Å². The Morgan fingerprint density at radius 1 is 0.527 bits per heavy atom. The summed E-state index contributed by atoms with van der Waals surface area (Å²) in [7, 11) is -5.08. The maximum atomic E-state index is 13.0. The molecule has 424 valence electrons. The summed E-state index contributed by atoms with van der Waals surface area (Å²) in [6, 6.07) is 0. The number of hydrogen-bond donors (Lipinski definition) is 4. The van der Waals surface area contributed by atoms with E-state index in [1.165, 1.54) is 64.2 Å². The number of esters is 1. The number of allylic oxidation sites excluding steroid dienone is 18. The maximum Gasteiger partial charge on any atom is 0.397 e. The van der Waals surface area contributed by atoms with E-state index in [1.54, 1.807) is 0 Å². The van der Waals surface area contributed by atoms with Crippen molar-refractivity contribution in [3.05, 3.63) is 109 Å². The van der Waals surface area contributed by atoms with Crippen molar-refractivity contribution in [3.8, 4) is 0 Å². The first-order valence-electron chi connectivity index (χ1n) is 28.6. The van der Waals surface area contributed by atoms with Gasteiger partial charge in [-0.3, -0.25) is 9.35 Å². The van der Waals surface area contributed by atoms with Crippen LogP contribution in [0.1, 0.15) is 206 Å². The fourth-order valence-corrected chi connectivity index (χ4v) is 8.60. The number of aliphatic hydroxyl groups excluding tert-OH is 3. The zero-order valence-electron chi connectivity index (χ0n) is 45.9. The predicted molar refractivity (Wildman–Crippen MR) is 303 cm³/mol. The molecule has 13 heteroatoms. The van der Waals surface area contributed by atoms with Gasteiger partial charge in [0.25, 0.3) is 0 Å². The second-order valence-corrected chi connectivity index (χ2v) is 20.2. The van der Waals surface area contributed by atoms with Crippen LogP contribution in [0.25, 0.3) is 0 Å². The molecule has 0 amide bonds. The Kier molecular flexibility index (Phi) is 47.0. The Bertz CT molecular complexity index is 1700. The molecule has 0 aromatic heterocycles. The molecule has 1 heterocycles. The fourth-order valence-electron chi connectivity index (χ4n) is 8.09. The number of hydrogen-bond acceptors (Lipinski definition) is 11. The van der Waals surface area contributed by atoms with Crippen molar-refractivity contribution in [2.75, 3.05) is 26.4 Å². The van der Waals surface area contributed by atoms with Gasteiger partial charge in [0.05, 0.1) is 19.8 Å². The molecule has 0 aliphatic carbocycles. The van der Waals surface area contributed by atoms with Crippen LogP contribution in [0.3, 0.4) is 0 Å². The molecular weight excluding hydrogens is 957 g/mol. The van der Waals surface area contributed by atoms with Crippen molar-refractivity contribution < 1.29 is 56.2 Å². The van der Waals surface area contributed by atoms with Gasteiger partial charge < -0.3 is 34.3 Å². The molecule has 1 rings (SSSR count). The largest absolute Gasteiger partial charge is 0.457 e. The lowest BCUT2D eigenvalue weighted by molar-refractivity contribution is -0.301. The summed E-state index contributed by atoms with van der Waals surface area (Å²) in [4.78, 5) is 13.0. The lowest BCUT2D eigenvalue weighted by atomic mass is 9.99. The summed E-state index contributed by atoms with van der Waals surface area (Å²) in [5.41, 5.74) is 0. The molecule has 1 aliphatic heterocycles. The van der Waals surface area contributed by atoms with E-state index in [0.717, 1.165) is 116 Å². The van der Waals surface area contributed by atoms with Crippen molar-refractivity contribution in [1.82, 2.24) is 0 Å². The molecule has 4 N–H and O–H groups in total. The molecule has 12 nitrogen and oxygen atoms in total. The highest BCUT2D eigenvalue weighted by molar-refractivity contribution is 7.80. The molecule has 0 spiro atoms. The third-order valence-corrected chi connectivity index (χ3v) is 12.8. The van der Waals surface area contributed by atoms with Gasteiger partial charge in [0.2, 0.25) is 0 Å². The summed E-state index contributed by atoms with van der Waals surface area (Å²) in [5.74, 6) is -0.417. The monoisotopic (exact) mass is 1060 g/mol. The van der Waals surface area contributed by atoms with E-state index in [9.17, 15) is 33.1 Å². The molecule has 0 aromatic carbocycles. The normalized spacial score (nSPS) is 19.6. The minimum Gasteiger partial charge on any atom is -0.457 e. The highest BCUT2D eigenvalue weighted by atomic mass is 32.3.